The number of fused-ring (bicyclic) bond motifs is 4. The van der Waals surface area contributed by atoms with Crippen LogP contribution < -0.4 is 15.0 Å². The van der Waals surface area contributed by atoms with Crippen LogP contribution in [0.3, 0.4) is 0 Å². The molecule has 2 aliphatic heterocycles. The number of aromatic amines is 1. The molecule has 0 unspecified atom stereocenters. The highest BCUT2D eigenvalue weighted by molar-refractivity contribution is 6.24. The van der Waals surface area contributed by atoms with Gasteiger partial charge in [-0.15, -0.1) is 0 Å². The lowest BCUT2D eigenvalue weighted by Crippen LogP contribution is -2.48. The van der Waals surface area contributed by atoms with Gasteiger partial charge in [-0.2, -0.15) is 0 Å². The topological polar surface area (TPSA) is 152 Å². The number of carboxylic acids is 1. The Morgan fingerprint density at radius 2 is 1.79 bits per heavy atom. The molecule has 3 aromatic carbocycles. The number of anilines is 1. The molecule has 4 amide bonds. The average Bonchev–Trinajstić information content (AvgIpc) is 3.48. The van der Waals surface area contributed by atoms with E-state index < -0.39 is 48.0 Å². The standard InChI is InChI=1S/C31H28N4O7/c1-16(36)25(30(39)40)33-28(37)20-11-4-6-13-23(20)35-29(38)24-15-21-19-10-3-5-12-22(19)32-26(21)27(34(24)31(35)41)17-8-7-9-18(14-17)42-2/h3-14,16,24-25,27,32,36H,15H2,1-2H3,(H,33,37)(H,39,40)/t16-,24+,25+,27+/m1/s1. The van der Waals surface area contributed by atoms with Crippen molar-refractivity contribution in [3.05, 3.63) is 95.2 Å². The Morgan fingerprint density at radius 1 is 1.05 bits per heavy atom. The zero-order valence-corrected chi connectivity index (χ0v) is 22.8. The Hall–Kier alpha value is -5.16. The van der Waals surface area contributed by atoms with Gasteiger partial charge >= 0.3 is 12.0 Å². The molecule has 2 aliphatic rings. The molecule has 0 radical (unpaired) electrons. The van der Waals surface area contributed by atoms with E-state index in [0.29, 0.717) is 5.75 Å². The van der Waals surface area contributed by atoms with E-state index in [9.17, 15) is 29.4 Å². The smallest absolute Gasteiger partial charge is 0.332 e. The van der Waals surface area contributed by atoms with Crippen molar-refractivity contribution in [2.45, 2.75) is 37.6 Å². The molecule has 4 N–H and O–H groups in total. The van der Waals surface area contributed by atoms with Crippen molar-refractivity contribution in [3.8, 4) is 5.75 Å². The van der Waals surface area contributed by atoms with E-state index in [4.69, 9.17) is 4.74 Å². The fourth-order valence-electron chi connectivity index (χ4n) is 5.92. The number of methoxy groups -OCH3 is 1. The lowest BCUT2D eigenvalue weighted by Gasteiger charge is -2.36. The van der Waals surface area contributed by atoms with Crippen molar-refractivity contribution in [3.63, 3.8) is 0 Å². The Morgan fingerprint density at radius 3 is 2.52 bits per heavy atom. The maximum absolute atomic E-state index is 14.2. The first kappa shape index (κ1) is 27.0. The number of nitrogens with one attached hydrogen (secondary N) is 2. The second-order valence-electron chi connectivity index (χ2n) is 10.4. The van der Waals surface area contributed by atoms with Gasteiger partial charge in [0.15, 0.2) is 6.04 Å². The fraction of sp³-hybridized carbons (Fsp3) is 0.226. The summed E-state index contributed by atoms with van der Waals surface area (Å²) in [6.07, 6.45) is -1.12. The summed E-state index contributed by atoms with van der Waals surface area (Å²) in [5.41, 5.74) is 3.29. The summed E-state index contributed by atoms with van der Waals surface area (Å²) in [5, 5.41) is 22.6. The van der Waals surface area contributed by atoms with Gasteiger partial charge in [0.2, 0.25) is 0 Å². The predicted molar refractivity (Wildman–Crippen MR) is 152 cm³/mol. The van der Waals surface area contributed by atoms with Gasteiger partial charge in [0.1, 0.15) is 17.8 Å². The first-order valence-corrected chi connectivity index (χ1v) is 13.4. The summed E-state index contributed by atoms with van der Waals surface area (Å²) in [5.74, 6) is -2.18. The Balaban J connectivity index is 1.45. The molecule has 3 heterocycles. The first-order valence-electron chi connectivity index (χ1n) is 13.4. The van der Waals surface area contributed by atoms with E-state index in [0.717, 1.165) is 32.6 Å². The number of imide groups is 1. The van der Waals surface area contributed by atoms with Crippen LogP contribution in [-0.4, -0.2) is 69.2 Å². The number of benzene rings is 3. The second-order valence-corrected chi connectivity index (χ2v) is 10.4. The van der Waals surface area contributed by atoms with Crippen molar-refractivity contribution in [1.82, 2.24) is 15.2 Å². The molecule has 4 aromatic rings. The van der Waals surface area contributed by atoms with E-state index in [-0.39, 0.29) is 17.7 Å². The highest BCUT2D eigenvalue weighted by atomic mass is 16.5. The summed E-state index contributed by atoms with van der Waals surface area (Å²) >= 11 is 0. The van der Waals surface area contributed by atoms with Crippen molar-refractivity contribution in [2.24, 2.45) is 0 Å². The molecule has 11 heteroatoms. The minimum absolute atomic E-state index is 0.0204. The van der Waals surface area contributed by atoms with Crippen LogP contribution in [0.25, 0.3) is 10.9 Å². The van der Waals surface area contributed by atoms with E-state index in [1.54, 1.807) is 25.3 Å². The number of carboxylic acid groups (broad SMARTS) is 1. The lowest BCUT2D eigenvalue weighted by atomic mass is 9.89. The fourth-order valence-corrected chi connectivity index (χ4v) is 5.92. The number of aliphatic hydroxyl groups is 1. The highest BCUT2D eigenvalue weighted by Crippen LogP contribution is 2.45. The Kier molecular flexibility index (Phi) is 6.66. The molecule has 0 aliphatic carbocycles. The molecule has 0 saturated carbocycles. The molecule has 1 aromatic heterocycles. The summed E-state index contributed by atoms with van der Waals surface area (Å²) < 4.78 is 5.45. The van der Waals surface area contributed by atoms with Crippen molar-refractivity contribution < 1.29 is 34.1 Å². The third-order valence-corrected chi connectivity index (χ3v) is 7.88. The van der Waals surface area contributed by atoms with Crippen LogP contribution in [0.15, 0.2) is 72.8 Å². The number of aromatic nitrogens is 1. The highest BCUT2D eigenvalue weighted by Gasteiger charge is 2.53. The number of rotatable bonds is 7. The number of aliphatic carboxylic acids is 1. The quantitative estimate of drug-likeness (QED) is 0.250. The number of para-hydroxylation sites is 2. The molecule has 11 nitrogen and oxygen atoms in total. The molecule has 42 heavy (non-hydrogen) atoms. The van der Waals surface area contributed by atoms with Gasteiger partial charge in [-0.1, -0.05) is 42.5 Å². The normalized spacial score (nSPS) is 19.3. The minimum Gasteiger partial charge on any atom is -0.497 e. The Bertz CT molecular complexity index is 1750. The number of carbonyl (C=O) groups is 4. The zero-order valence-electron chi connectivity index (χ0n) is 22.8. The SMILES string of the molecule is COc1cccc([C@H]2c3[nH]c4ccccc4c3C[C@H]3C(=O)N(c4ccccc4C(=O)N[C@H](C(=O)O)[C@@H](C)O)C(=O)N23)c1. The summed E-state index contributed by atoms with van der Waals surface area (Å²) in [4.78, 5) is 59.2. The third kappa shape index (κ3) is 4.25. The van der Waals surface area contributed by atoms with Gasteiger partial charge in [-0.05, 0) is 48.4 Å². The number of hydrogen-bond acceptors (Lipinski definition) is 6. The van der Waals surface area contributed by atoms with E-state index in [1.807, 2.05) is 42.5 Å². The summed E-state index contributed by atoms with van der Waals surface area (Å²) in [6.45, 7) is 1.24. The maximum atomic E-state index is 14.2. The van der Waals surface area contributed by atoms with E-state index in [1.165, 1.54) is 24.0 Å². The van der Waals surface area contributed by atoms with Crippen molar-refractivity contribution >= 4 is 40.4 Å². The molecular weight excluding hydrogens is 540 g/mol. The second kappa shape index (κ2) is 10.3. The number of aliphatic hydroxyl groups excluding tert-OH is 1. The number of amides is 4. The molecule has 1 saturated heterocycles. The van der Waals surface area contributed by atoms with Gasteiger partial charge < -0.3 is 25.3 Å². The molecule has 0 bridgehead atoms. The maximum Gasteiger partial charge on any atom is 0.332 e. The van der Waals surface area contributed by atoms with Crippen LogP contribution in [-0.2, 0) is 16.0 Å². The van der Waals surface area contributed by atoms with Crippen molar-refractivity contribution in [1.29, 1.82) is 0 Å². The number of urea groups is 1. The largest absolute Gasteiger partial charge is 0.497 e. The van der Waals surface area contributed by atoms with Gasteiger partial charge in [0, 0.05) is 23.0 Å². The van der Waals surface area contributed by atoms with Gasteiger partial charge in [-0.3, -0.25) is 14.5 Å². The molecule has 4 atom stereocenters. The van der Waals surface area contributed by atoms with E-state index >= 15 is 0 Å². The van der Waals surface area contributed by atoms with Gasteiger partial charge in [0.25, 0.3) is 11.8 Å². The number of carbonyl (C=O) groups excluding carboxylic acids is 3. The molecule has 1 fully saturated rings. The number of hydrogen-bond donors (Lipinski definition) is 4. The van der Waals surface area contributed by atoms with Crippen LogP contribution in [0, 0.1) is 0 Å². The minimum atomic E-state index is -1.59. The number of H-pyrrole nitrogens is 1. The van der Waals surface area contributed by atoms with Crippen LogP contribution >= 0.6 is 0 Å². The third-order valence-electron chi connectivity index (χ3n) is 7.88. The first-order chi connectivity index (χ1) is 20.2. The summed E-state index contributed by atoms with van der Waals surface area (Å²) in [6, 6.07) is 17.4. The molecular formula is C31H28N4O7. The van der Waals surface area contributed by atoms with Crippen LogP contribution in [0.2, 0.25) is 0 Å². The van der Waals surface area contributed by atoms with Gasteiger partial charge in [0.05, 0.1) is 24.5 Å². The number of ether oxygens (including phenoxy) is 1. The number of nitrogens with zero attached hydrogens (tertiary/aromatic N) is 2. The van der Waals surface area contributed by atoms with Crippen LogP contribution in [0.1, 0.15) is 40.1 Å². The summed E-state index contributed by atoms with van der Waals surface area (Å²) in [7, 11) is 1.55. The molecule has 0 spiro atoms. The molecule has 214 valence electrons. The lowest BCUT2D eigenvalue weighted by molar-refractivity contribution is -0.141. The predicted octanol–water partition coefficient (Wildman–Crippen LogP) is 3.22. The average molecular weight is 569 g/mol. The molecule has 6 rings (SSSR count). The zero-order chi connectivity index (χ0) is 29.7. The Labute approximate surface area is 240 Å². The van der Waals surface area contributed by atoms with Crippen LogP contribution in [0.5, 0.6) is 5.75 Å². The van der Waals surface area contributed by atoms with Gasteiger partial charge in [-0.25, -0.2) is 14.5 Å². The monoisotopic (exact) mass is 568 g/mol. The van der Waals surface area contributed by atoms with Crippen LogP contribution in [0.4, 0.5) is 10.5 Å². The van der Waals surface area contributed by atoms with E-state index in [2.05, 4.69) is 10.3 Å². The van der Waals surface area contributed by atoms with Crippen molar-refractivity contribution in [2.75, 3.05) is 12.0 Å².